The van der Waals surface area contributed by atoms with Crippen molar-refractivity contribution in [1.82, 2.24) is 4.90 Å². The average Bonchev–Trinajstić information content (AvgIpc) is 1.81. The molecule has 76 valence electrons. The van der Waals surface area contributed by atoms with E-state index in [0.29, 0.717) is 0 Å². The van der Waals surface area contributed by atoms with Crippen LogP contribution in [0.25, 0.3) is 0 Å². The quantitative estimate of drug-likeness (QED) is 0.680. The fourth-order valence-corrected chi connectivity index (χ4v) is 2.03. The maximum Gasteiger partial charge on any atom is 0.703 e. The molecule has 0 aliphatic rings. The number of hydrogen-bond donors (Lipinski definition) is 2. The van der Waals surface area contributed by atoms with Crippen LogP contribution in [0.4, 0.5) is 0 Å². The highest BCUT2D eigenvalue weighted by Gasteiger charge is 2.31. The van der Waals surface area contributed by atoms with Crippen LogP contribution in [-0.2, 0) is 13.4 Å². The molecule has 0 saturated heterocycles. The lowest BCUT2D eigenvalue weighted by atomic mass is 10.6. The number of hydrogen-bond acceptors (Lipinski definition) is 4. The summed E-state index contributed by atoms with van der Waals surface area (Å²) in [7, 11) is -3.50. The highest BCUT2D eigenvalue weighted by atomic mass is 31.2. The second kappa shape index (κ2) is 5.47. The molecule has 0 aromatic rings. The first-order valence-electron chi connectivity index (χ1n) is 3.34. The molecule has 0 aromatic carbocycles. The molecule has 0 aliphatic heterocycles. The van der Waals surface area contributed by atoms with E-state index in [1.54, 1.807) is 25.2 Å². The lowest BCUT2D eigenvalue weighted by Gasteiger charge is -2.03. The molecule has 0 rings (SSSR count). The Labute approximate surface area is 77.3 Å². The predicted molar refractivity (Wildman–Crippen MR) is 48.4 cm³/mol. The Bertz CT molecular complexity index is 251. The zero-order chi connectivity index (χ0) is 10.5. The molecule has 0 amide bonds. The van der Waals surface area contributed by atoms with Gasteiger partial charge in [-0.05, 0) is 10.5 Å². The Morgan fingerprint density at radius 2 is 2.15 bits per heavy atom. The van der Waals surface area contributed by atoms with Crippen LogP contribution in [0.15, 0.2) is 12.3 Å². The van der Waals surface area contributed by atoms with E-state index in [0.717, 1.165) is 0 Å². The van der Waals surface area contributed by atoms with Gasteiger partial charge in [-0.25, -0.2) is 0 Å². The second-order valence-electron chi connectivity index (χ2n) is 2.49. The van der Waals surface area contributed by atoms with Crippen LogP contribution in [0.1, 0.15) is 0 Å². The summed E-state index contributed by atoms with van der Waals surface area (Å²) >= 11 is 0. The maximum atomic E-state index is 10.9. The van der Waals surface area contributed by atoms with Crippen LogP contribution in [0.3, 0.4) is 0 Å². The van der Waals surface area contributed by atoms with Gasteiger partial charge in [0, 0.05) is 18.7 Å². The van der Waals surface area contributed by atoms with Gasteiger partial charge in [-0.2, -0.15) is 0 Å². The minimum absolute atomic E-state index is 0.285. The van der Waals surface area contributed by atoms with Gasteiger partial charge >= 0.3 is 15.9 Å². The van der Waals surface area contributed by atoms with Crippen molar-refractivity contribution >= 4 is 15.9 Å². The van der Waals surface area contributed by atoms with Crippen molar-refractivity contribution < 1.29 is 23.2 Å². The lowest BCUT2D eigenvalue weighted by Crippen LogP contribution is -2.00. The van der Waals surface area contributed by atoms with E-state index in [4.69, 9.17) is 9.79 Å². The van der Waals surface area contributed by atoms with Gasteiger partial charge in [-0.3, -0.25) is 4.57 Å². The van der Waals surface area contributed by atoms with Gasteiger partial charge < -0.3 is 9.79 Å². The third-order valence-corrected chi connectivity index (χ3v) is 3.19. The third-order valence-electron chi connectivity index (χ3n) is 0.937. The molecule has 6 nitrogen and oxygen atoms in total. The van der Waals surface area contributed by atoms with Crippen LogP contribution >= 0.6 is 15.9 Å². The maximum absolute atomic E-state index is 10.9. The molecule has 0 aliphatic carbocycles. The highest BCUT2D eigenvalue weighted by Crippen LogP contribution is 2.49. The monoisotopic (exact) mass is 228 g/mol. The summed E-state index contributed by atoms with van der Waals surface area (Å²) in [4.78, 5) is 18.8. The molecule has 0 spiro atoms. The smallest absolute Gasteiger partial charge is 0.384 e. The summed E-state index contributed by atoms with van der Waals surface area (Å²) < 4.78 is 24.9. The fourth-order valence-electron chi connectivity index (χ4n) is 0.534. The molecule has 13 heavy (non-hydrogen) atoms. The standard InChI is InChI=1S/C5H11NO5P2/c1-6(2)4-3-5-13(9,10)11-12(7)8/h3-4H,5H2,1-2H3,(H-,7,8,9,10)/p+1. The molecular weight excluding hydrogens is 216 g/mol. The van der Waals surface area contributed by atoms with E-state index < -0.39 is 15.9 Å². The van der Waals surface area contributed by atoms with E-state index in [1.807, 2.05) is 0 Å². The van der Waals surface area contributed by atoms with Crippen molar-refractivity contribution in [3.05, 3.63) is 12.3 Å². The van der Waals surface area contributed by atoms with Crippen LogP contribution in [0.5, 0.6) is 0 Å². The predicted octanol–water partition coefficient (Wildman–Crippen LogP) is 0.913. The van der Waals surface area contributed by atoms with Gasteiger partial charge in [0.2, 0.25) is 0 Å². The van der Waals surface area contributed by atoms with Gasteiger partial charge in [0.25, 0.3) is 0 Å². The Morgan fingerprint density at radius 3 is 2.54 bits per heavy atom. The third kappa shape index (κ3) is 8.09. The first-order valence-corrected chi connectivity index (χ1v) is 6.23. The second-order valence-corrected chi connectivity index (χ2v) is 5.26. The van der Waals surface area contributed by atoms with E-state index in [1.165, 1.54) is 6.08 Å². The summed E-state index contributed by atoms with van der Waals surface area (Å²) in [5.41, 5.74) is 0. The van der Waals surface area contributed by atoms with Gasteiger partial charge in [0.1, 0.15) is 0 Å². The summed E-state index contributed by atoms with van der Waals surface area (Å²) in [6.07, 6.45) is 2.66. The fraction of sp³-hybridized carbons (Fsp3) is 0.600. The lowest BCUT2D eigenvalue weighted by molar-refractivity contribution is 0.352. The minimum atomic E-state index is -3.95. The summed E-state index contributed by atoms with van der Waals surface area (Å²) in [6, 6.07) is 0. The van der Waals surface area contributed by atoms with E-state index in [-0.39, 0.29) is 6.16 Å². The van der Waals surface area contributed by atoms with Gasteiger partial charge in [-0.15, -0.1) is 4.89 Å². The zero-order valence-electron chi connectivity index (χ0n) is 7.32. The Balaban J connectivity index is 4.03. The summed E-state index contributed by atoms with van der Waals surface area (Å²) in [5.74, 6) is 0. The van der Waals surface area contributed by atoms with Crippen molar-refractivity contribution in [3.63, 3.8) is 0 Å². The molecule has 0 bridgehead atoms. The van der Waals surface area contributed by atoms with Crippen molar-refractivity contribution in [2.75, 3.05) is 20.3 Å². The van der Waals surface area contributed by atoms with E-state index in [9.17, 15) is 9.13 Å². The molecular formula is C5H12NO5P2+. The van der Waals surface area contributed by atoms with Crippen molar-refractivity contribution in [2.45, 2.75) is 0 Å². The van der Waals surface area contributed by atoms with E-state index in [2.05, 4.69) is 4.31 Å². The Morgan fingerprint density at radius 1 is 1.62 bits per heavy atom. The number of nitrogens with zero attached hydrogens (tertiary/aromatic N) is 1. The molecule has 0 radical (unpaired) electrons. The van der Waals surface area contributed by atoms with Gasteiger partial charge in [0.05, 0.1) is 6.16 Å². The highest BCUT2D eigenvalue weighted by molar-refractivity contribution is 7.59. The van der Waals surface area contributed by atoms with E-state index >= 15 is 0 Å². The summed E-state index contributed by atoms with van der Waals surface area (Å²) in [6.45, 7) is 0. The first-order chi connectivity index (χ1) is 5.83. The van der Waals surface area contributed by atoms with Gasteiger partial charge in [0.15, 0.2) is 0 Å². The molecule has 2 atom stereocenters. The van der Waals surface area contributed by atoms with Crippen molar-refractivity contribution in [1.29, 1.82) is 0 Å². The largest absolute Gasteiger partial charge is 0.703 e. The molecule has 2 unspecified atom stereocenters. The normalized spacial score (nSPS) is 17.1. The average molecular weight is 228 g/mol. The van der Waals surface area contributed by atoms with Crippen LogP contribution < -0.4 is 0 Å². The number of allylic oxidation sites excluding steroid dienone is 1. The topological polar surface area (TPSA) is 87.1 Å². The zero-order valence-corrected chi connectivity index (χ0v) is 9.11. The molecule has 0 aromatic heterocycles. The summed E-state index contributed by atoms with van der Waals surface area (Å²) in [5, 5.41) is 0. The van der Waals surface area contributed by atoms with Gasteiger partial charge in [-0.1, -0.05) is 6.08 Å². The SMILES string of the molecule is CN(C)C=CCP(=O)(O)O[P+](=O)O. The number of rotatable bonds is 5. The van der Waals surface area contributed by atoms with Crippen LogP contribution in [0.2, 0.25) is 0 Å². The van der Waals surface area contributed by atoms with Crippen LogP contribution in [-0.4, -0.2) is 34.9 Å². The van der Waals surface area contributed by atoms with Crippen LogP contribution in [0, 0.1) is 0 Å². The molecule has 2 N–H and O–H groups in total. The minimum Gasteiger partial charge on any atom is -0.384 e. The Kier molecular flexibility index (Phi) is 5.37. The first kappa shape index (κ1) is 12.8. The molecule has 0 saturated carbocycles. The van der Waals surface area contributed by atoms with Crippen molar-refractivity contribution in [3.8, 4) is 0 Å². The molecule has 0 fully saturated rings. The molecule has 8 heteroatoms. The molecule has 0 heterocycles. The Hall–Kier alpha value is -0.250. The van der Waals surface area contributed by atoms with Crippen molar-refractivity contribution in [2.24, 2.45) is 0 Å².